The minimum Gasteiger partial charge on any atom is -0.492 e. The lowest BCUT2D eigenvalue weighted by molar-refractivity contribution is 0.256. The molecule has 1 atom stereocenters. The summed E-state index contributed by atoms with van der Waals surface area (Å²) >= 11 is 5.96. The molecular formula is C13H18ClNO. The highest BCUT2D eigenvalue weighted by Crippen LogP contribution is 2.32. The highest BCUT2D eigenvalue weighted by molar-refractivity contribution is 6.31. The van der Waals surface area contributed by atoms with Crippen LogP contribution in [0.2, 0.25) is 5.02 Å². The Morgan fingerprint density at radius 2 is 2.25 bits per heavy atom. The van der Waals surface area contributed by atoms with E-state index in [4.69, 9.17) is 16.3 Å². The molecule has 88 valence electrons. The van der Waals surface area contributed by atoms with Crippen molar-refractivity contribution in [3.8, 4) is 5.75 Å². The van der Waals surface area contributed by atoms with E-state index in [9.17, 15) is 0 Å². The normalized spacial score (nSPS) is 17.2. The maximum absolute atomic E-state index is 5.96. The fourth-order valence-electron chi connectivity index (χ4n) is 1.85. The first-order chi connectivity index (χ1) is 7.70. The summed E-state index contributed by atoms with van der Waals surface area (Å²) in [6.45, 7) is 2.73. The van der Waals surface area contributed by atoms with Gasteiger partial charge in [0.25, 0.3) is 0 Å². The highest BCUT2D eigenvalue weighted by atomic mass is 35.5. The molecule has 0 bridgehead atoms. The van der Waals surface area contributed by atoms with Crippen molar-refractivity contribution in [2.24, 2.45) is 5.92 Å². The van der Waals surface area contributed by atoms with E-state index in [1.165, 1.54) is 12.8 Å². The van der Waals surface area contributed by atoms with Gasteiger partial charge in [-0.2, -0.15) is 0 Å². The lowest BCUT2D eigenvalue weighted by Crippen LogP contribution is -2.33. The molecule has 0 aliphatic heterocycles. The number of benzene rings is 1. The lowest BCUT2D eigenvalue weighted by Gasteiger charge is -2.16. The summed E-state index contributed by atoms with van der Waals surface area (Å²) in [6.07, 6.45) is 2.66. The topological polar surface area (TPSA) is 21.3 Å². The van der Waals surface area contributed by atoms with Crippen LogP contribution in [0, 0.1) is 12.8 Å². The molecule has 0 aromatic heterocycles. The molecule has 1 aliphatic rings. The quantitative estimate of drug-likeness (QED) is 0.853. The van der Waals surface area contributed by atoms with Crippen molar-refractivity contribution in [1.82, 2.24) is 5.32 Å². The molecule has 2 nitrogen and oxygen atoms in total. The monoisotopic (exact) mass is 239 g/mol. The van der Waals surface area contributed by atoms with Crippen LogP contribution in [0.15, 0.2) is 18.2 Å². The predicted octanol–water partition coefficient (Wildman–Crippen LogP) is 3.03. The van der Waals surface area contributed by atoms with E-state index in [0.717, 1.165) is 28.9 Å². The van der Waals surface area contributed by atoms with E-state index < -0.39 is 0 Å². The Balaban J connectivity index is 1.90. The summed E-state index contributed by atoms with van der Waals surface area (Å²) in [5.41, 5.74) is 1.06. The van der Waals surface area contributed by atoms with Crippen molar-refractivity contribution in [2.75, 3.05) is 13.7 Å². The predicted molar refractivity (Wildman–Crippen MR) is 67.3 cm³/mol. The minimum atomic E-state index is 0.482. The summed E-state index contributed by atoms with van der Waals surface area (Å²) in [5.74, 6) is 1.71. The summed E-state index contributed by atoms with van der Waals surface area (Å²) in [7, 11) is 2.00. The molecule has 16 heavy (non-hydrogen) atoms. The first-order valence-corrected chi connectivity index (χ1v) is 6.14. The van der Waals surface area contributed by atoms with Gasteiger partial charge in [0.05, 0.1) is 0 Å². The van der Waals surface area contributed by atoms with Gasteiger partial charge in [-0.1, -0.05) is 11.6 Å². The Morgan fingerprint density at radius 1 is 1.50 bits per heavy atom. The SMILES string of the molecule is CNC(COc1ccc(Cl)c(C)c1)C1CC1. The molecule has 2 rings (SSSR count). The third-order valence-electron chi connectivity index (χ3n) is 3.12. The van der Waals surface area contributed by atoms with Crippen LogP contribution < -0.4 is 10.1 Å². The van der Waals surface area contributed by atoms with Crippen molar-refractivity contribution >= 4 is 11.6 Å². The van der Waals surface area contributed by atoms with E-state index in [0.29, 0.717) is 6.04 Å². The van der Waals surface area contributed by atoms with Crippen LogP contribution in [0.25, 0.3) is 0 Å². The molecule has 1 aliphatic carbocycles. The standard InChI is InChI=1S/C13H18ClNO/c1-9-7-11(5-6-12(9)14)16-8-13(15-2)10-3-4-10/h5-7,10,13,15H,3-4,8H2,1-2H3. The second kappa shape index (κ2) is 5.07. The van der Waals surface area contributed by atoms with Gasteiger partial charge in [0.15, 0.2) is 0 Å². The van der Waals surface area contributed by atoms with Gasteiger partial charge in [-0.15, -0.1) is 0 Å². The van der Waals surface area contributed by atoms with Crippen LogP contribution >= 0.6 is 11.6 Å². The number of aryl methyl sites for hydroxylation is 1. The number of nitrogens with one attached hydrogen (secondary N) is 1. The molecule has 1 saturated carbocycles. The number of likely N-dealkylation sites (N-methyl/N-ethyl adjacent to an activating group) is 1. The van der Waals surface area contributed by atoms with Gasteiger partial charge in [-0.25, -0.2) is 0 Å². The third kappa shape index (κ3) is 2.89. The van der Waals surface area contributed by atoms with Crippen LogP contribution in [-0.2, 0) is 0 Å². The Kier molecular flexibility index (Phi) is 3.72. The zero-order valence-electron chi connectivity index (χ0n) is 9.79. The van der Waals surface area contributed by atoms with Crippen molar-refractivity contribution in [3.05, 3.63) is 28.8 Å². The first kappa shape index (κ1) is 11.7. The third-order valence-corrected chi connectivity index (χ3v) is 3.54. The summed E-state index contributed by atoms with van der Waals surface area (Å²) in [4.78, 5) is 0. The van der Waals surface area contributed by atoms with Gasteiger partial charge in [-0.3, -0.25) is 0 Å². The fourth-order valence-corrected chi connectivity index (χ4v) is 1.96. The Labute approximate surface area is 102 Å². The van der Waals surface area contributed by atoms with Crippen molar-refractivity contribution in [3.63, 3.8) is 0 Å². The Morgan fingerprint density at radius 3 is 2.81 bits per heavy atom. The van der Waals surface area contributed by atoms with E-state index in [2.05, 4.69) is 5.32 Å². The zero-order chi connectivity index (χ0) is 11.5. The van der Waals surface area contributed by atoms with Gasteiger partial charge in [0, 0.05) is 11.1 Å². The van der Waals surface area contributed by atoms with E-state index >= 15 is 0 Å². The lowest BCUT2D eigenvalue weighted by atomic mass is 10.2. The molecule has 1 unspecified atom stereocenters. The number of halogens is 1. The second-order valence-corrected chi connectivity index (χ2v) is 4.86. The summed E-state index contributed by atoms with van der Waals surface area (Å²) in [6, 6.07) is 6.28. The first-order valence-electron chi connectivity index (χ1n) is 5.77. The molecule has 0 heterocycles. The molecule has 0 radical (unpaired) electrons. The highest BCUT2D eigenvalue weighted by Gasteiger charge is 2.30. The van der Waals surface area contributed by atoms with E-state index in [1.54, 1.807) is 0 Å². The van der Waals surface area contributed by atoms with Crippen LogP contribution in [0.4, 0.5) is 0 Å². The number of hydrogen-bond acceptors (Lipinski definition) is 2. The van der Waals surface area contributed by atoms with Crippen LogP contribution in [0.3, 0.4) is 0 Å². The average Bonchev–Trinajstić information content (AvgIpc) is 3.08. The molecule has 0 saturated heterocycles. The van der Waals surface area contributed by atoms with E-state index in [1.807, 2.05) is 32.2 Å². The fraction of sp³-hybridized carbons (Fsp3) is 0.538. The average molecular weight is 240 g/mol. The maximum atomic E-state index is 5.96. The molecule has 1 N–H and O–H groups in total. The summed E-state index contributed by atoms with van der Waals surface area (Å²) in [5, 5.41) is 4.10. The van der Waals surface area contributed by atoms with E-state index in [-0.39, 0.29) is 0 Å². The molecule has 0 spiro atoms. The minimum absolute atomic E-state index is 0.482. The number of rotatable bonds is 5. The number of ether oxygens (including phenoxy) is 1. The molecule has 0 amide bonds. The largest absolute Gasteiger partial charge is 0.492 e. The van der Waals surface area contributed by atoms with Crippen molar-refractivity contribution in [1.29, 1.82) is 0 Å². The molecule has 1 aromatic carbocycles. The van der Waals surface area contributed by atoms with Crippen molar-refractivity contribution in [2.45, 2.75) is 25.8 Å². The second-order valence-electron chi connectivity index (χ2n) is 4.45. The van der Waals surface area contributed by atoms with Crippen LogP contribution in [-0.4, -0.2) is 19.7 Å². The molecular weight excluding hydrogens is 222 g/mol. The van der Waals surface area contributed by atoms with Gasteiger partial charge >= 0.3 is 0 Å². The Hall–Kier alpha value is -0.730. The molecule has 1 fully saturated rings. The molecule has 3 heteroatoms. The number of hydrogen-bond donors (Lipinski definition) is 1. The van der Waals surface area contributed by atoms with Gasteiger partial charge in [0.2, 0.25) is 0 Å². The summed E-state index contributed by atoms with van der Waals surface area (Å²) < 4.78 is 5.78. The molecule has 1 aromatic rings. The zero-order valence-corrected chi connectivity index (χ0v) is 10.6. The van der Waals surface area contributed by atoms with Gasteiger partial charge in [0.1, 0.15) is 12.4 Å². The van der Waals surface area contributed by atoms with Crippen molar-refractivity contribution < 1.29 is 4.74 Å². The smallest absolute Gasteiger partial charge is 0.119 e. The van der Waals surface area contributed by atoms with Crippen LogP contribution in [0.1, 0.15) is 18.4 Å². The maximum Gasteiger partial charge on any atom is 0.119 e. The van der Waals surface area contributed by atoms with Gasteiger partial charge < -0.3 is 10.1 Å². The van der Waals surface area contributed by atoms with Crippen LogP contribution in [0.5, 0.6) is 5.75 Å². The van der Waals surface area contributed by atoms with Gasteiger partial charge in [-0.05, 0) is 56.5 Å². The Bertz CT molecular complexity index is 363.